The molecule has 1 spiro atoms. The first-order valence-corrected chi connectivity index (χ1v) is 12.5. The Bertz CT molecular complexity index is 978. The highest BCUT2D eigenvalue weighted by Crippen LogP contribution is 2.45. The summed E-state index contributed by atoms with van der Waals surface area (Å²) in [4.78, 5) is 11.4. The minimum Gasteiger partial charge on any atom is -0.493 e. The second-order valence-electron chi connectivity index (χ2n) is 10.3. The molecular weight excluding hydrogens is 430 g/mol. The Morgan fingerprint density at radius 1 is 1.15 bits per heavy atom. The van der Waals surface area contributed by atoms with E-state index in [-0.39, 0.29) is 6.10 Å². The Hall–Kier alpha value is -2.58. The first-order valence-electron chi connectivity index (χ1n) is 12.5. The van der Waals surface area contributed by atoms with Crippen molar-refractivity contribution in [3.63, 3.8) is 0 Å². The third-order valence-corrected chi connectivity index (χ3v) is 7.68. The zero-order valence-electron chi connectivity index (χ0n) is 20.4. The quantitative estimate of drug-likeness (QED) is 0.635. The summed E-state index contributed by atoms with van der Waals surface area (Å²) in [6.07, 6.45) is 8.76. The number of hydrogen-bond donors (Lipinski definition) is 2. The van der Waals surface area contributed by atoms with Gasteiger partial charge in [0, 0.05) is 44.6 Å². The van der Waals surface area contributed by atoms with Crippen LogP contribution in [0.2, 0.25) is 0 Å². The van der Waals surface area contributed by atoms with Gasteiger partial charge in [0.05, 0.1) is 13.2 Å². The number of nitrogen functional groups attached to an aromatic ring is 1. The summed E-state index contributed by atoms with van der Waals surface area (Å²) in [5, 5.41) is 3.33. The Morgan fingerprint density at radius 2 is 1.91 bits per heavy atom. The Balaban J connectivity index is 1.25. The van der Waals surface area contributed by atoms with Gasteiger partial charge in [-0.05, 0) is 74.6 Å². The van der Waals surface area contributed by atoms with Crippen LogP contribution in [0, 0.1) is 11.3 Å². The van der Waals surface area contributed by atoms with Crippen molar-refractivity contribution in [1.82, 2.24) is 14.9 Å². The number of rotatable bonds is 7. The number of anilines is 2. The van der Waals surface area contributed by atoms with Gasteiger partial charge in [-0.25, -0.2) is 4.98 Å². The smallest absolute Gasteiger partial charge is 0.224 e. The van der Waals surface area contributed by atoms with Gasteiger partial charge in [0.15, 0.2) is 11.5 Å². The average Bonchev–Trinajstić information content (AvgIpc) is 2.84. The van der Waals surface area contributed by atoms with Crippen molar-refractivity contribution in [1.29, 1.82) is 0 Å². The molecule has 34 heavy (non-hydrogen) atoms. The number of aromatic nitrogens is 2. The van der Waals surface area contributed by atoms with Gasteiger partial charge in [-0.1, -0.05) is 6.07 Å². The zero-order valence-corrected chi connectivity index (χ0v) is 20.4. The number of likely N-dealkylation sites (tertiary alicyclic amines) is 1. The van der Waals surface area contributed by atoms with E-state index in [1.807, 2.05) is 18.2 Å². The van der Waals surface area contributed by atoms with Gasteiger partial charge in [-0.15, -0.1) is 0 Å². The highest BCUT2D eigenvalue weighted by Gasteiger charge is 2.43. The topological polar surface area (TPSA) is 94.8 Å². The lowest BCUT2D eigenvalue weighted by atomic mass is 9.68. The molecule has 3 heterocycles. The summed E-state index contributed by atoms with van der Waals surface area (Å²) in [7, 11) is 3.88. The number of methoxy groups -OCH3 is 1. The Kier molecular flexibility index (Phi) is 6.79. The van der Waals surface area contributed by atoms with Gasteiger partial charge in [-0.3, -0.25) is 0 Å². The van der Waals surface area contributed by atoms with Crippen LogP contribution >= 0.6 is 0 Å². The normalized spacial score (nSPS) is 21.2. The largest absolute Gasteiger partial charge is 0.493 e. The molecule has 5 rings (SSSR count). The molecule has 8 nitrogen and oxygen atoms in total. The van der Waals surface area contributed by atoms with Crippen LogP contribution in [-0.4, -0.2) is 68.0 Å². The van der Waals surface area contributed by atoms with Gasteiger partial charge in [0.25, 0.3) is 0 Å². The lowest BCUT2D eigenvalue weighted by molar-refractivity contribution is -0.0352. The molecule has 8 heteroatoms. The van der Waals surface area contributed by atoms with Crippen molar-refractivity contribution in [3.8, 4) is 22.6 Å². The second-order valence-corrected chi connectivity index (χ2v) is 10.3. The molecule has 3 N–H and O–H groups in total. The molecule has 3 fully saturated rings. The van der Waals surface area contributed by atoms with E-state index in [0.717, 1.165) is 68.1 Å². The fourth-order valence-electron chi connectivity index (χ4n) is 5.74. The summed E-state index contributed by atoms with van der Waals surface area (Å²) in [6.45, 7) is 4.93. The molecule has 1 aliphatic carbocycles. The molecule has 0 amide bonds. The number of ether oxygens (including phenoxy) is 3. The minimum atomic E-state index is 0.214. The van der Waals surface area contributed by atoms with Crippen molar-refractivity contribution in [2.24, 2.45) is 11.3 Å². The van der Waals surface area contributed by atoms with Gasteiger partial charge in [0.1, 0.15) is 5.82 Å². The highest BCUT2D eigenvalue weighted by atomic mass is 16.5. The van der Waals surface area contributed by atoms with Crippen LogP contribution in [0.4, 0.5) is 11.8 Å². The molecule has 0 radical (unpaired) electrons. The number of nitrogens with zero attached hydrogens (tertiary/aromatic N) is 3. The van der Waals surface area contributed by atoms with E-state index >= 15 is 0 Å². The lowest BCUT2D eigenvalue weighted by Gasteiger charge is -2.52. The van der Waals surface area contributed by atoms with Crippen molar-refractivity contribution < 1.29 is 14.2 Å². The molecule has 2 aliphatic heterocycles. The van der Waals surface area contributed by atoms with E-state index in [2.05, 4.69) is 27.2 Å². The summed E-state index contributed by atoms with van der Waals surface area (Å²) < 4.78 is 17.5. The maximum absolute atomic E-state index is 6.45. The Labute approximate surface area is 202 Å². The summed E-state index contributed by atoms with van der Waals surface area (Å²) in [6, 6.07) is 5.92. The first kappa shape index (κ1) is 23.2. The van der Waals surface area contributed by atoms with Crippen LogP contribution in [0.25, 0.3) is 11.1 Å². The van der Waals surface area contributed by atoms with Crippen molar-refractivity contribution in [2.75, 3.05) is 58.1 Å². The van der Waals surface area contributed by atoms with Crippen LogP contribution in [0.1, 0.15) is 38.5 Å². The van der Waals surface area contributed by atoms with E-state index in [1.165, 1.54) is 25.9 Å². The van der Waals surface area contributed by atoms with Crippen LogP contribution in [-0.2, 0) is 4.74 Å². The molecule has 0 atom stereocenters. The molecule has 2 aromatic rings. The van der Waals surface area contributed by atoms with Crippen LogP contribution in [0.15, 0.2) is 24.4 Å². The summed E-state index contributed by atoms with van der Waals surface area (Å²) in [5.41, 5.74) is 8.59. The summed E-state index contributed by atoms with van der Waals surface area (Å²) >= 11 is 0. The van der Waals surface area contributed by atoms with Crippen LogP contribution in [0.3, 0.4) is 0 Å². The van der Waals surface area contributed by atoms with Crippen molar-refractivity contribution in [2.45, 2.75) is 44.6 Å². The SMILES string of the molecule is COc1ccc(-c2cnc(NCC3CCOCC3)nc2N)cc1OC1CCC2(CC1)CN(C)C2. The third kappa shape index (κ3) is 5.08. The van der Waals surface area contributed by atoms with Crippen LogP contribution < -0.4 is 20.5 Å². The third-order valence-electron chi connectivity index (χ3n) is 7.68. The zero-order chi connectivity index (χ0) is 23.5. The average molecular weight is 468 g/mol. The number of nitrogens with two attached hydrogens (primary N) is 1. The number of hydrogen-bond acceptors (Lipinski definition) is 8. The molecule has 3 aliphatic rings. The van der Waals surface area contributed by atoms with E-state index < -0.39 is 0 Å². The molecule has 0 unspecified atom stereocenters. The van der Waals surface area contributed by atoms with E-state index in [9.17, 15) is 0 Å². The maximum atomic E-state index is 6.45. The lowest BCUT2D eigenvalue weighted by Crippen LogP contribution is -2.56. The van der Waals surface area contributed by atoms with Gasteiger partial charge in [0.2, 0.25) is 5.95 Å². The highest BCUT2D eigenvalue weighted by molar-refractivity contribution is 5.75. The molecule has 2 saturated heterocycles. The standard InChI is InChI=1S/C26H37N5O3/c1-31-16-26(17-31)9-5-20(6-10-26)34-23-13-19(3-4-22(23)32-2)21-15-29-25(30-24(21)27)28-14-18-7-11-33-12-8-18/h3-4,13,15,18,20H,5-12,14,16-17H2,1-2H3,(H3,27,28,29,30). The molecule has 0 bridgehead atoms. The summed E-state index contributed by atoms with van der Waals surface area (Å²) in [5.74, 6) is 3.10. The first-order chi connectivity index (χ1) is 16.5. The van der Waals surface area contributed by atoms with Gasteiger partial charge in [-0.2, -0.15) is 4.98 Å². The molecule has 1 saturated carbocycles. The van der Waals surface area contributed by atoms with Crippen molar-refractivity contribution >= 4 is 11.8 Å². The fourth-order valence-corrected chi connectivity index (χ4v) is 5.74. The second kappa shape index (κ2) is 9.96. The van der Waals surface area contributed by atoms with E-state index in [4.69, 9.17) is 19.9 Å². The number of nitrogens with one attached hydrogen (secondary N) is 1. The van der Waals surface area contributed by atoms with Gasteiger partial charge >= 0.3 is 0 Å². The molecular formula is C26H37N5O3. The number of benzene rings is 1. The maximum Gasteiger partial charge on any atom is 0.224 e. The molecule has 1 aromatic heterocycles. The van der Waals surface area contributed by atoms with Crippen molar-refractivity contribution in [3.05, 3.63) is 24.4 Å². The van der Waals surface area contributed by atoms with E-state index in [1.54, 1.807) is 13.3 Å². The van der Waals surface area contributed by atoms with Crippen LogP contribution in [0.5, 0.6) is 11.5 Å². The van der Waals surface area contributed by atoms with E-state index in [0.29, 0.717) is 23.1 Å². The predicted molar refractivity (Wildman–Crippen MR) is 133 cm³/mol. The Morgan fingerprint density at radius 3 is 2.59 bits per heavy atom. The molecule has 184 valence electrons. The fraction of sp³-hybridized carbons (Fsp3) is 0.615. The monoisotopic (exact) mass is 467 g/mol. The molecule has 1 aromatic carbocycles. The van der Waals surface area contributed by atoms with Gasteiger partial charge < -0.3 is 30.2 Å². The minimum absolute atomic E-state index is 0.214. The predicted octanol–water partition coefficient (Wildman–Crippen LogP) is 3.83.